The molecule has 0 unspecified atom stereocenters. The van der Waals surface area contributed by atoms with Crippen LogP contribution in [0.2, 0.25) is 0 Å². The van der Waals surface area contributed by atoms with Gasteiger partial charge in [0.2, 0.25) is 11.8 Å². The number of rotatable bonds is 9. The number of carbonyl (C=O) groups excluding carboxylic acids is 2. The first-order valence-electron chi connectivity index (χ1n) is 7.19. The second kappa shape index (κ2) is 9.65. The van der Waals surface area contributed by atoms with Gasteiger partial charge in [-0.3, -0.25) is 14.4 Å². The number of anilines is 1. The first-order valence-corrected chi connectivity index (χ1v) is 7.19. The van der Waals surface area contributed by atoms with Crippen LogP contribution in [0, 0.1) is 0 Å². The Balaban J connectivity index is 2.45. The van der Waals surface area contributed by atoms with Gasteiger partial charge < -0.3 is 26.7 Å². The average molecular weight is 350 g/mol. The van der Waals surface area contributed by atoms with Crippen molar-refractivity contribution < 1.29 is 29.4 Å². The van der Waals surface area contributed by atoms with Crippen LogP contribution in [-0.2, 0) is 19.2 Å². The van der Waals surface area contributed by atoms with Crippen molar-refractivity contribution in [1.82, 2.24) is 5.32 Å². The fourth-order valence-electron chi connectivity index (χ4n) is 1.83. The Bertz CT molecular complexity index is 671. The van der Waals surface area contributed by atoms with Gasteiger partial charge in [0, 0.05) is 18.5 Å². The summed E-state index contributed by atoms with van der Waals surface area (Å²) >= 11 is 0. The maximum atomic E-state index is 11.8. The molecule has 10 heteroatoms. The van der Waals surface area contributed by atoms with Crippen molar-refractivity contribution in [1.29, 1.82) is 0 Å². The van der Waals surface area contributed by atoms with E-state index in [9.17, 15) is 19.2 Å². The van der Waals surface area contributed by atoms with E-state index in [1.165, 1.54) is 6.21 Å². The number of hydrazone groups is 1. The number of aliphatic carboxylic acids is 2. The van der Waals surface area contributed by atoms with Gasteiger partial charge in [-0.1, -0.05) is 12.1 Å². The Kier molecular flexibility index (Phi) is 7.57. The van der Waals surface area contributed by atoms with Crippen LogP contribution in [-0.4, -0.2) is 46.2 Å². The van der Waals surface area contributed by atoms with Crippen molar-refractivity contribution in [3.8, 4) is 0 Å². The molecule has 0 spiro atoms. The molecule has 2 amide bonds. The molecule has 134 valence electrons. The number of hydrogen-bond donors (Lipinski definition) is 5. The minimum Gasteiger partial charge on any atom is -0.481 e. The summed E-state index contributed by atoms with van der Waals surface area (Å²) < 4.78 is 0. The number of benzene rings is 1. The van der Waals surface area contributed by atoms with Crippen LogP contribution in [0.25, 0.3) is 0 Å². The zero-order chi connectivity index (χ0) is 18.8. The third kappa shape index (κ3) is 7.59. The molecule has 0 aliphatic rings. The fourth-order valence-corrected chi connectivity index (χ4v) is 1.83. The summed E-state index contributed by atoms with van der Waals surface area (Å²) in [6, 6.07) is 5.08. The molecule has 0 aliphatic heterocycles. The summed E-state index contributed by atoms with van der Waals surface area (Å²) in [5.41, 5.74) is 1.26. The first-order chi connectivity index (χ1) is 11.8. The van der Waals surface area contributed by atoms with Crippen molar-refractivity contribution in [2.75, 3.05) is 5.32 Å². The van der Waals surface area contributed by atoms with Crippen molar-refractivity contribution in [3.63, 3.8) is 0 Å². The smallest absolute Gasteiger partial charge is 0.326 e. The number of nitrogens with zero attached hydrogens (tertiary/aromatic N) is 1. The van der Waals surface area contributed by atoms with E-state index in [1.807, 2.05) is 0 Å². The second-order valence-electron chi connectivity index (χ2n) is 5.00. The van der Waals surface area contributed by atoms with Crippen molar-refractivity contribution in [3.05, 3.63) is 29.8 Å². The molecule has 0 heterocycles. The van der Waals surface area contributed by atoms with Crippen LogP contribution in [0.1, 0.15) is 24.8 Å². The van der Waals surface area contributed by atoms with Gasteiger partial charge in [-0.2, -0.15) is 5.10 Å². The van der Waals surface area contributed by atoms with Crippen LogP contribution in [0.3, 0.4) is 0 Å². The Morgan fingerprint density at radius 1 is 1.08 bits per heavy atom. The van der Waals surface area contributed by atoms with E-state index >= 15 is 0 Å². The lowest BCUT2D eigenvalue weighted by Crippen LogP contribution is -2.42. The first kappa shape index (κ1) is 19.6. The number of carbonyl (C=O) groups is 4. The van der Waals surface area contributed by atoms with Gasteiger partial charge in [-0.15, -0.1) is 0 Å². The lowest BCUT2D eigenvalue weighted by Gasteiger charge is -2.12. The van der Waals surface area contributed by atoms with Gasteiger partial charge in [0.15, 0.2) is 0 Å². The highest BCUT2D eigenvalue weighted by molar-refractivity contribution is 5.94. The molecule has 0 saturated heterocycles. The van der Waals surface area contributed by atoms with Gasteiger partial charge in [0.1, 0.15) is 6.04 Å². The predicted molar refractivity (Wildman–Crippen MR) is 87.9 cm³/mol. The molecule has 10 nitrogen and oxygen atoms in total. The molecule has 1 atom stereocenters. The van der Waals surface area contributed by atoms with Gasteiger partial charge in [0.05, 0.1) is 12.6 Å². The highest BCUT2D eigenvalue weighted by atomic mass is 16.4. The lowest BCUT2D eigenvalue weighted by molar-refractivity contribution is -0.147. The molecule has 1 aromatic rings. The van der Waals surface area contributed by atoms with Gasteiger partial charge in [0.25, 0.3) is 0 Å². The van der Waals surface area contributed by atoms with E-state index in [0.29, 0.717) is 5.69 Å². The number of amides is 2. The Morgan fingerprint density at radius 2 is 1.68 bits per heavy atom. The van der Waals surface area contributed by atoms with Crippen molar-refractivity contribution >= 4 is 35.7 Å². The predicted octanol–water partition coefficient (Wildman–Crippen LogP) is -0.258. The topological polar surface area (TPSA) is 171 Å². The maximum absolute atomic E-state index is 11.8. The Labute approximate surface area is 142 Å². The largest absolute Gasteiger partial charge is 0.481 e. The molecule has 0 aromatic heterocycles. The fraction of sp³-hybridized carbons (Fsp3) is 0.267. The molecule has 6 N–H and O–H groups in total. The molecule has 25 heavy (non-hydrogen) atoms. The summed E-state index contributed by atoms with van der Waals surface area (Å²) in [6.07, 6.45) is 0.238. The molecule has 0 fully saturated rings. The number of carboxylic acid groups (broad SMARTS) is 2. The van der Waals surface area contributed by atoms with E-state index in [-0.39, 0.29) is 12.8 Å². The SMILES string of the molecule is NN=Cc1ccc(NC(=O)CCC(=O)N[C@@H](CC(=O)O)C(=O)O)cc1. The van der Waals surface area contributed by atoms with Crippen LogP contribution in [0.15, 0.2) is 29.4 Å². The summed E-state index contributed by atoms with van der Waals surface area (Å²) in [5, 5.41) is 25.4. The molecule has 1 aromatic carbocycles. The van der Waals surface area contributed by atoms with Gasteiger partial charge in [-0.25, -0.2) is 4.79 Å². The quantitative estimate of drug-likeness (QED) is 0.232. The minimum absolute atomic E-state index is 0.183. The third-order valence-corrected chi connectivity index (χ3v) is 3.01. The molecule has 0 aliphatic carbocycles. The summed E-state index contributed by atoms with van der Waals surface area (Å²) in [5.74, 6) is 1.04. The molecular weight excluding hydrogens is 332 g/mol. The van der Waals surface area contributed by atoms with Crippen LogP contribution >= 0.6 is 0 Å². The van der Waals surface area contributed by atoms with Crippen molar-refractivity contribution in [2.24, 2.45) is 10.9 Å². The Hall–Kier alpha value is -3.43. The van der Waals surface area contributed by atoms with E-state index in [1.54, 1.807) is 24.3 Å². The minimum atomic E-state index is -1.54. The number of hydrogen-bond acceptors (Lipinski definition) is 6. The molecule has 0 bridgehead atoms. The standard InChI is InChI=1S/C15H18N4O6/c16-17-8-9-1-3-10(4-2-9)18-12(20)5-6-13(21)19-11(15(24)25)7-14(22)23/h1-4,8,11H,5-7,16H2,(H,18,20)(H,19,21)(H,22,23)(H,24,25)/t11-/m0/s1. The molecular formula is C15H18N4O6. The Morgan fingerprint density at radius 3 is 2.20 bits per heavy atom. The highest BCUT2D eigenvalue weighted by Gasteiger charge is 2.23. The molecule has 0 radical (unpaired) electrons. The number of carboxylic acids is 2. The normalized spacial score (nSPS) is 11.7. The molecule has 1 rings (SSSR count). The summed E-state index contributed by atoms with van der Waals surface area (Å²) in [6.45, 7) is 0. The van der Waals surface area contributed by atoms with Crippen LogP contribution < -0.4 is 16.5 Å². The van der Waals surface area contributed by atoms with Gasteiger partial charge >= 0.3 is 11.9 Å². The highest BCUT2D eigenvalue weighted by Crippen LogP contribution is 2.09. The van der Waals surface area contributed by atoms with Gasteiger partial charge in [-0.05, 0) is 17.7 Å². The maximum Gasteiger partial charge on any atom is 0.326 e. The van der Waals surface area contributed by atoms with Crippen molar-refractivity contribution in [2.45, 2.75) is 25.3 Å². The van der Waals surface area contributed by atoms with E-state index in [4.69, 9.17) is 16.1 Å². The van der Waals surface area contributed by atoms with Crippen LogP contribution in [0.5, 0.6) is 0 Å². The molecule has 0 saturated carbocycles. The zero-order valence-corrected chi connectivity index (χ0v) is 13.1. The monoisotopic (exact) mass is 350 g/mol. The number of nitrogens with one attached hydrogen (secondary N) is 2. The summed E-state index contributed by atoms with van der Waals surface area (Å²) in [4.78, 5) is 44.8. The second-order valence-corrected chi connectivity index (χ2v) is 5.00. The third-order valence-electron chi connectivity index (χ3n) is 3.01. The lowest BCUT2D eigenvalue weighted by atomic mass is 10.2. The van der Waals surface area contributed by atoms with E-state index in [2.05, 4.69) is 15.7 Å². The van der Waals surface area contributed by atoms with Crippen LogP contribution in [0.4, 0.5) is 5.69 Å². The average Bonchev–Trinajstić information content (AvgIpc) is 2.54. The van der Waals surface area contributed by atoms with E-state index < -0.39 is 36.2 Å². The van der Waals surface area contributed by atoms with E-state index in [0.717, 1.165) is 5.56 Å². The zero-order valence-electron chi connectivity index (χ0n) is 13.1. The number of nitrogens with two attached hydrogens (primary N) is 1. The summed E-state index contributed by atoms with van der Waals surface area (Å²) in [7, 11) is 0.